The van der Waals surface area contributed by atoms with Crippen LogP contribution in [0.3, 0.4) is 0 Å². The molecule has 5 nitrogen and oxygen atoms in total. The number of rotatable bonds is 13. The second-order valence-corrected chi connectivity index (χ2v) is 8.91. The van der Waals surface area contributed by atoms with E-state index in [1.54, 1.807) is 12.1 Å². The quantitative estimate of drug-likeness (QED) is 0.176. The average molecular weight is 534 g/mol. The lowest BCUT2D eigenvalue weighted by Crippen LogP contribution is -2.28. The number of hydrogen-bond donors (Lipinski definition) is 1. The number of aryl methyl sites for hydroxylation is 1. The highest BCUT2D eigenvalue weighted by atomic mass is 19.1. The molecule has 0 aliphatic heterocycles. The van der Waals surface area contributed by atoms with Crippen molar-refractivity contribution in [1.29, 1.82) is 0 Å². The monoisotopic (exact) mass is 533 g/mol. The molecule has 0 saturated heterocycles. The minimum atomic E-state index is -0.640. The molecule has 3 aromatic rings. The Hall–Kier alpha value is -3.67. The van der Waals surface area contributed by atoms with Crippen molar-refractivity contribution in [3.8, 4) is 17.0 Å². The lowest BCUT2D eigenvalue weighted by atomic mass is 10.0. The molecule has 0 radical (unpaired) electrons. The molecule has 0 unspecified atom stereocenters. The maximum atomic E-state index is 13.6. The third-order valence-corrected chi connectivity index (χ3v) is 6.21. The van der Waals surface area contributed by atoms with Crippen LogP contribution < -0.4 is 10.1 Å². The van der Waals surface area contributed by atoms with Gasteiger partial charge in [0.25, 0.3) is 0 Å². The van der Waals surface area contributed by atoms with Gasteiger partial charge in [-0.15, -0.1) is 0 Å². The maximum Gasteiger partial charge on any atom is 0.412 e. The van der Waals surface area contributed by atoms with Crippen LogP contribution in [0.5, 0.6) is 5.75 Å². The van der Waals surface area contributed by atoms with Gasteiger partial charge in [0.15, 0.2) is 11.6 Å². The molecule has 0 saturated carbocycles. The van der Waals surface area contributed by atoms with Gasteiger partial charge < -0.3 is 14.6 Å². The van der Waals surface area contributed by atoms with E-state index in [9.17, 15) is 9.18 Å². The molecular formula is C33H44FN3O2. The Morgan fingerprint density at radius 1 is 1.03 bits per heavy atom. The Morgan fingerprint density at radius 3 is 2.44 bits per heavy atom. The Balaban J connectivity index is 0.00000260. The van der Waals surface area contributed by atoms with Crippen LogP contribution in [0.25, 0.3) is 16.8 Å². The zero-order valence-electron chi connectivity index (χ0n) is 24.2. The highest BCUT2D eigenvalue weighted by Gasteiger charge is 2.19. The standard InChI is InChI=1S/C31H38FN3O2.C2H6/c1-4-6-7-10-17-25(5-2)29-30(26-18-11-8-12-19-26)35(24(3)34-29)23-16-9-15-22-33-31(36)37-28-21-14-13-20-27(28)32;1-2/h5-8,11-14,18-21H,4,9-10,15-17,22-23H2,1-3H3,(H,33,36);1-2H3/b7-6-,25-5+;. The topological polar surface area (TPSA) is 56.2 Å². The number of benzene rings is 2. The number of halogens is 1. The number of carbonyl (C=O) groups is 1. The number of unbranched alkanes of at least 4 members (excludes halogenated alkanes) is 2. The van der Waals surface area contributed by atoms with E-state index in [2.05, 4.69) is 73.1 Å². The van der Waals surface area contributed by atoms with Crippen molar-refractivity contribution in [1.82, 2.24) is 14.9 Å². The molecule has 1 N–H and O–H groups in total. The van der Waals surface area contributed by atoms with Crippen molar-refractivity contribution >= 4 is 11.7 Å². The summed E-state index contributed by atoms with van der Waals surface area (Å²) >= 11 is 0. The number of nitrogens with one attached hydrogen (secondary N) is 1. The molecule has 0 atom stereocenters. The summed E-state index contributed by atoms with van der Waals surface area (Å²) in [5.41, 5.74) is 4.66. The average Bonchev–Trinajstić information content (AvgIpc) is 3.29. The first-order valence-electron chi connectivity index (χ1n) is 14.2. The number of aromatic nitrogens is 2. The number of hydrogen-bond acceptors (Lipinski definition) is 3. The van der Waals surface area contributed by atoms with Gasteiger partial charge in [-0.2, -0.15) is 0 Å². The highest BCUT2D eigenvalue weighted by molar-refractivity contribution is 5.77. The molecule has 1 heterocycles. The van der Waals surface area contributed by atoms with Crippen LogP contribution in [-0.2, 0) is 6.54 Å². The molecule has 39 heavy (non-hydrogen) atoms. The molecule has 0 aliphatic carbocycles. The molecule has 0 spiro atoms. The van der Waals surface area contributed by atoms with Gasteiger partial charge in [0.05, 0.1) is 11.4 Å². The minimum absolute atomic E-state index is 0.0679. The summed E-state index contributed by atoms with van der Waals surface area (Å²) in [4.78, 5) is 17.0. The number of para-hydroxylation sites is 1. The Kier molecular flexibility index (Phi) is 14.4. The summed E-state index contributed by atoms with van der Waals surface area (Å²) in [6, 6.07) is 16.3. The third-order valence-electron chi connectivity index (χ3n) is 6.21. The van der Waals surface area contributed by atoms with Gasteiger partial charge in [-0.05, 0) is 70.1 Å². The summed E-state index contributed by atoms with van der Waals surface area (Å²) in [5.74, 6) is 0.381. The van der Waals surface area contributed by atoms with Crippen molar-refractivity contribution < 1.29 is 13.9 Å². The van der Waals surface area contributed by atoms with Crippen LogP contribution in [0.4, 0.5) is 9.18 Å². The molecule has 0 aliphatic rings. The zero-order valence-corrected chi connectivity index (χ0v) is 24.2. The maximum absolute atomic E-state index is 13.6. The largest absolute Gasteiger partial charge is 0.412 e. The lowest BCUT2D eigenvalue weighted by molar-refractivity contribution is 0.198. The van der Waals surface area contributed by atoms with E-state index in [1.807, 2.05) is 19.9 Å². The normalized spacial score (nSPS) is 11.3. The molecule has 210 valence electrons. The number of carbonyl (C=O) groups excluding carboxylic acids is 1. The van der Waals surface area contributed by atoms with E-state index in [4.69, 9.17) is 9.72 Å². The lowest BCUT2D eigenvalue weighted by Gasteiger charge is -2.13. The van der Waals surface area contributed by atoms with Crippen LogP contribution in [0, 0.1) is 12.7 Å². The number of ether oxygens (including phenoxy) is 1. The van der Waals surface area contributed by atoms with Gasteiger partial charge in [-0.1, -0.05) is 81.5 Å². The second kappa shape index (κ2) is 17.8. The summed E-state index contributed by atoms with van der Waals surface area (Å²) < 4.78 is 21.0. The van der Waals surface area contributed by atoms with Gasteiger partial charge in [0.1, 0.15) is 5.82 Å². The van der Waals surface area contributed by atoms with Crippen molar-refractivity contribution in [2.24, 2.45) is 0 Å². The zero-order chi connectivity index (χ0) is 28.5. The Bertz CT molecular complexity index is 1200. The molecular weight excluding hydrogens is 489 g/mol. The molecule has 1 aromatic heterocycles. The predicted octanol–water partition coefficient (Wildman–Crippen LogP) is 9.13. The van der Waals surface area contributed by atoms with E-state index in [0.29, 0.717) is 6.54 Å². The van der Waals surface area contributed by atoms with Crippen molar-refractivity contribution in [3.05, 3.63) is 90.2 Å². The summed E-state index contributed by atoms with van der Waals surface area (Å²) in [6.45, 7) is 11.6. The van der Waals surface area contributed by atoms with Gasteiger partial charge in [0, 0.05) is 18.7 Å². The summed E-state index contributed by atoms with van der Waals surface area (Å²) in [5, 5.41) is 2.70. The third kappa shape index (κ3) is 9.86. The molecule has 0 bridgehead atoms. The number of imidazole rings is 1. The smallest absolute Gasteiger partial charge is 0.407 e. The number of amides is 1. The fourth-order valence-corrected chi connectivity index (χ4v) is 4.30. The fraction of sp³-hybridized carbons (Fsp3) is 0.394. The van der Waals surface area contributed by atoms with Gasteiger partial charge in [-0.25, -0.2) is 14.2 Å². The van der Waals surface area contributed by atoms with E-state index in [-0.39, 0.29) is 5.75 Å². The van der Waals surface area contributed by atoms with Gasteiger partial charge in [0.2, 0.25) is 0 Å². The van der Waals surface area contributed by atoms with E-state index in [0.717, 1.165) is 62.3 Å². The van der Waals surface area contributed by atoms with Crippen LogP contribution in [0.1, 0.15) is 77.7 Å². The fourth-order valence-electron chi connectivity index (χ4n) is 4.30. The SMILES string of the molecule is C/C=C(\CC/C=C\CC)c1nc(C)n(CCCCCNC(=O)Oc2ccccc2F)c1-c1ccccc1.CC. The van der Waals surface area contributed by atoms with Crippen LogP contribution in [0.15, 0.2) is 72.8 Å². The summed E-state index contributed by atoms with van der Waals surface area (Å²) in [6.07, 6.45) is 11.7. The molecule has 3 rings (SSSR count). The predicted molar refractivity (Wildman–Crippen MR) is 160 cm³/mol. The van der Waals surface area contributed by atoms with Crippen molar-refractivity contribution in [2.45, 2.75) is 79.7 Å². The molecule has 2 aromatic carbocycles. The number of allylic oxidation sites excluding steroid dienone is 4. The minimum Gasteiger partial charge on any atom is -0.407 e. The van der Waals surface area contributed by atoms with Gasteiger partial charge in [-0.3, -0.25) is 0 Å². The van der Waals surface area contributed by atoms with Crippen molar-refractivity contribution in [3.63, 3.8) is 0 Å². The highest BCUT2D eigenvalue weighted by Crippen LogP contribution is 2.32. The first kappa shape index (κ1) is 31.5. The van der Waals surface area contributed by atoms with Crippen LogP contribution >= 0.6 is 0 Å². The molecule has 0 fully saturated rings. The second-order valence-electron chi connectivity index (χ2n) is 8.91. The Labute approximate surface area is 233 Å². The van der Waals surface area contributed by atoms with E-state index < -0.39 is 11.9 Å². The molecule has 6 heteroatoms. The van der Waals surface area contributed by atoms with Gasteiger partial charge >= 0.3 is 6.09 Å². The first-order valence-corrected chi connectivity index (χ1v) is 14.2. The van der Waals surface area contributed by atoms with Crippen LogP contribution in [0.2, 0.25) is 0 Å². The van der Waals surface area contributed by atoms with E-state index >= 15 is 0 Å². The van der Waals surface area contributed by atoms with Crippen molar-refractivity contribution in [2.75, 3.05) is 6.54 Å². The number of nitrogens with zero attached hydrogens (tertiary/aromatic N) is 2. The Morgan fingerprint density at radius 2 is 1.74 bits per heavy atom. The first-order chi connectivity index (χ1) is 19.0. The molecule has 1 amide bonds. The van der Waals surface area contributed by atoms with Crippen LogP contribution in [-0.4, -0.2) is 22.2 Å². The summed E-state index contributed by atoms with van der Waals surface area (Å²) in [7, 11) is 0. The van der Waals surface area contributed by atoms with E-state index in [1.165, 1.54) is 23.3 Å².